The summed E-state index contributed by atoms with van der Waals surface area (Å²) in [5.74, 6) is -0.517. The van der Waals surface area contributed by atoms with Gasteiger partial charge < -0.3 is 15.3 Å². The number of nitrogens with two attached hydrogens (primary N) is 1. The molecule has 0 radical (unpaired) electrons. The molecule has 0 saturated heterocycles. The molecule has 2 aromatic rings. The van der Waals surface area contributed by atoms with Crippen molar-refractivity contribution in [1.29, 1.82) is 0 Å². The normalized spacial score (nSPS) is 10.7. The molecule has 0 aliphatic heterocycles. The molecule has 1 heterocycles. The molecule has 0 bridgehead atoms. The van der Waals surface area contributed by atoms with Crippen molar-refractivity contribution in [3.05, 3.63) is 29.8 Å². The van der Waals surface area contributed by atoms with Gasteiger partial charge in [-0.25, -0.2) is 0 Å². The SMILES string of the molecule is Nc1oc2ccccc2c1CCC(=O)O. The molecular formula is C11H11NO3. The maximum atomic E-state index is 10.5. The smallest absolute Gasteiger partial charge is 0.303 e. The van der Waals surface area contributed by atoms with E-state index in [1.807, 2.05) is 24.3 Å². The number of fused-ring (bicyclic) bond motifs is 1. The van der Waals surface area contributed by atoms with Gasteiger partial charge in [-0.2, -0.15) is 0 Å². The van der Waals surface area contributed by atoms with Gasteiger partial charge in [0.2, 0.25) is 0 Å². The van der Waals surface area contributed by atoms with Crippen LogP contribution in [0.25, 0.3) is 11.0 Å². The minimum Gasteiger partial charge on any atom is -0.481 e. The number of benzene rings is 1. The molecule has 0 aliphatic rings. The molecule has 4 heteroatoms. The molecule has 4 nitrogen and oxygen atoms in total. The van der Waals surface area contributed by atoms with Crippen LogP contribution in [0.2, 0.25) is 0 Å². The molecule has 0 aliphatic carbocycles. The summed E-state index contributed by atoms with van der Waals surface area (Å²) in [5.41, 5.74) is 7.17. The van der Waals surface area contributed by atoms with E-state index in [1.54, 1.807) is 0 Å². The second kappa shape index (κ2) is 3.65. The van der Waals surface area contributed by atoms with Crippen molar-refractivity contribution in [2.75, 3.05) is 5.73 Å². The highest BCUT2D eigenvalue weighted by Crippen LogP contribution is 2.28. The molecule has 0 fully saturated rings. The maximum absolute atomic E-state index is 10.5. The van der Waals surface area contributed by atoms with Crippen molar-refractivity contribution >= 4 is 22.8 Å². The number of aliphatic carboxylic acids is 1. The molecule has 3 N–H and O–H groups in total. The van der Waals surface area contributed by atoms with Crippen LogP contribution in [0.15, 0.2) is 28.7 Å². The van der Waals surface area contributed by atoms with E-state index in [2.05, 4.69) is 0 Å². The molecule has 78 valence electrons. The van der Waals surface area contributed by atoms with E-state index in [9.17, 15) is 4.79 Å². The number of carbonyl (C=O) groups is 1. The quantitative estimate of drug-likeness (QED) is 0.803. The molecule has 1 aromatic carbocycles. The van der Waals surface area contributed by atoms with E-state index < -0.39 is 5.97 Å². The predicted molar refractivity (Wildman–Crippen MR) is 56.6 cm³/mol. The number of carboxylic acids is 1. The van der Waals surface area contributed by atoms with Crippen molar-refractivity contribution in [2.45, 2.75) is 12.8 Å². The van der Waals surface area contributed by atoms with Gasteiger partial charge in [-0.1, -0.05) is 18.2 Å². The number of hydrogen-bond donors (Lipinski definition) is 2. The highest BCUT2D eigenvalue weighted by atomic mass is 16.4. The molecule has 0 saturated carbocycles. The first-order valence-corrected chi connectivity index (χ1v) is 4.66. The van der Waals surface area contributed by atoms with Crippen LogP contribution in [-0.2, 0) is 11.2 Å². The Labute approximate surface area is 86.3 Å². The lowest BCUT2D eigenvalue weighted by molar-refractivity contribution is -0.136. The van der Waals surface area contributed by atoms with Gasteiger partial charge in [-0.15, -0.1) is 0 Å². The summed E-state index contributed by atoms with van der Waals surface area (Å²) in [6, 6.07) is 7.43. The molecule has 0 amide bonds. The number of hydrogen-bond acceptors (Lipinski definition) is 3. The molecule has 0 spiro atoms. The topological polar surface area (TPSA) is 76.5 Å². The van der Waals surface area contributed by atoms with Crippen LogP contribution in [0.3, 0.4) is 0 Å². The zero-order valence-electron chi connectivity index (χ0n) is 8.06. The first-order chi connectivity index (χ1) is 7.18. The van der Waals surface area contributed by atoms with Crippen LogP contribution in [0.4, 0.5) is 5.88 Å². The second-order valence-corrected chi connectivity index (χ2v) is 3.33. The first kappa shape index (κ1) is 9.58. The van der Waals surface area contributed by atoms with E-state index in [1.165, 1.54) is 0 Å². The predicted octanol–water partition coefficient (Wildman–Crippen LogP) is 2.03. The van der Waals surface area contributed by atoms with Crippen molar-refractivity contribution in [2.24, 2.45) is 0 Å². The largest absolute Gasteiger partial charge is 0.481 e. The van der Waals surface area contributed by atoms with Crippen molar-refractivity contribution in [1.82, 2.24) is 0 Å². The number of para-hydroxylation sites is 1. The van der Waals surface area contributed by atoms with Gasteiger partial charge in [0.05, 0.1) is 0 Å². The van der Waals surface area contributed by atoms with Gasteiger partial charge in [0.25, 0.3) is 0 Å². The number of furan rings is 1. The lowest BCUT2D eigenvalue weighted by Crippen LogP contribution is -1.98. The average Bonchev–Trinajstić information content (AvgIpc) is 2.50. The summed E-state index contributed by atoms with van der Waals surface area (Å²) in [6.07, 6.45) is 0.464. The van der Waals surface area contributed by atoms with Gasteiger partial charge in [0.1, 0.15) is 5.58 Å². The van der Waals surface area contributed by atoms with Crippen LogP contribution in [0.1, 0.15) is 12.0 Å². The Morgan fingerprint density at radius 2 is 2.13 bits per heavy atom. The molecular weight excluding hydrogens is 194 g/mol. The summed E-state index contributed by atoms with van der Waals surface area (Å²) in [7, 11) is 0. The highest BCUT2D eigenvalue weighted by molar-refractivity contribution is 5.85. The monoisotopic (exact) mass is 205 g/mol. The fourth-order valence-electron chi connectivity index (χ4n) is 1.61. The van der Waals surface area contributed by atoms with Crippen molar-refractivity contribution in [3.63, 3.8) is 0 Å². The minimum absolute atomic E-state index is 0.0632. The summed E-state index contributed by atoms with van der Waals surface area (Å²) in [4.78, 5) is 10.5. The Morgan fingerprint density at radius 3 is 2.87 bits per heavy atom. The van der Waals surface area contributed by atoms with Crippen LogP contribution in [0, 0.1) is 0 Å². The first-order valence-electron chi connectivity index (χ1n) is 4.66. The summed E-state index contributed by atoms with van der Waals surface area (Å²) < 4.78 is 5.32. The Kier molecular flexibility index (Phi) is 2.33. The molecule has 1 aromatic heterocycles. The van der Waals surface area contributed by atoms with E-state index in [4.69, 9.17) is 15.3 Å². The Bertz CT molecular complexity index is 502. The third-order valence-electron chi connectivity index (χ3n) is 2.32. The zero-order chi connectivity index (χ0) is 10.8. The van der Waals surface area contributed by atoms with Crippen LogP contribution < -0.4 is 5.73 Å². The maximum Gasteiger partial charge on any atom is 0.303 e. The standard InChI is InChI=1S/C11H11NO3/c12-11-8(5-6-10(13)14)7-3-1-2-4-9(7)15-11/h1-4H,5-6,12H2,(H,13,14). The Balaban J connectivity index is 2.40. The summed E-state index contributed by atoms with van der Waals surface area (Å²) in [6.45, 7) is 0. The average molecular weight is 205 g/mol. The van der Waals surface area contributed by atoms with Crippen molar-refractivity contribution in [3.8, 4) is 0 Å². The number of anilines is 1. The lowest BCUT2D eigenvalue weighted by atomic mass is 10.1. The fourth-order valence-corrected chi connectivity index (χ4v) is 1.61. The number of aryl methyl sites for hydroxylation is 1. The van der Waals surface area contributed by atoms with E-state index in [0.717, 1.165) is 10.9 Å². The van der Waals surface area contributed by atoms with Crippen LogP contribution >= 0.6 is 0 Å². The van der Waals surface area contributed by atoms with Gasteiger partial charge >= 0.3 is 5.97 Å². The van der Waals surface area contributed by atoms with Gasteiger partial charge in [-0.3, -0.25) is 4.79 Å². The minimum atomic E-state index is -0.834. The highest BCUT2D eigenvalue weighted by Gasteiger charge is 2.11. The Morgan fingerprint density at radius 1 is 1.40 bits per heavy atom. The molecule has 2 rings (SSSR count). The third-order valence-corrected chi connectivity index (χ3v) is 2.32. The number of carboxylic acid groups (broad SMARTS) is 1. The van der Waals surface area contributed by atoms with E-state index in [0.29, 0.717) is 17.9 Å². The van der Waals surface area contributed by atoms with E-state index in [-0.39, 0.29) is 6.42 Å². The van der Waals surface area contributed by atoms with Crippen LogP contribution in [0.5, 0.6) is 0 Å². The number of nitrogen functional groups attached to an aromatic ring is 1. The molecule has 0 unspecified atom stereocenters. The fraction of sp³-hybridized carbons (Fsp3) is 0.182. The lowest BCUT2D eigenvalue weighted by Gasteiger charge is -1.95. The zero-order valence-corrected chi connectivity index (χ0v) is 8.06. The summed E-state index contributed by atoms with van der Waals surface area (Å²) in [5, 5.41) is 9.50. The summed E-state index contributed by atoms with van der Waals surface area (Å²) >= 11 is 0. The molecule has 0 atom stereocenters. The van der Waals surface area contributed by atoms with Crippen molar-refractivity contribution < 1.29 is 14.3 Å². The number of rotatable bonds is 3. The molecule has 15 heavy (non-hydrogen) atoms. The van der Waals surface area contributed by atoms with Crippen LogP contribution in [-0.4, -0.2) is 11.1 Å². The van der Waals surface area contributed by atoms with Gasteiger partial charge in [0.15, 0.2) is 5.88 Å². The van der Waals surface area contributed by atoms with Gasteiger partial charge in [0, 0.05) is 17.4 Å². The Hall–Kier alpha value is -1.97. The second-order valence-electron chi connectivity index (χ2n) is 3.33. The third kappa shape index (κ3) is 1.79. The van der Waals surface area contributed by atoms with E-state index >= 15 is 0 Å². The van der Waals surface area contributed by atoms with Gasteiger partial charge in [-0.05, 0) is 12.5 Å².